The molecule has 3 rings (SSSR count). The first-order valence-corrected chi connectivity index (χ1v) is 9.08. The molecule has 0 amide bonds. The second-order valence-electron chi connectivity index (χ2n) is 6.62. The fourth-order valence-electron chi connectivity index (χ4n) is 2.98. The summed E-state index contributed by atoms with van der Waals surface area (Å²) in [6, 6.07) is 9.27. The Bertz CT molecular complexity index is 942. The number of methoxy groups -OCH3 is 2. The molecule has 0 unspecified atom stereocenters. The zero-order valence-electron chi connectivity index (χ0n) is 15.5. The number of ether oxygens (including phenoxy) is 3. The molecule has 27 heavy (non-hydrogen) atoms. The van der Waals surface area contributed by atoms with Crippen molar-refractivity contribution in [3.05, 3.63) is 57.6 Å². The number of halogens is 1. The fraction of sp³-hybridized carbons (Fsp3) is 0.238. The van der Waals surface area contributed by atoms with E-state index in [9.17, 15) is 9.59 Å². The molecule has 0 atom stereocenters. The number of hydrogen-bond donors (Lipinski definition) is 0. The molecule has 0 saturated carbocycles. The van der Waals surface area contributed by atoms with Gasteiger partial charge in [0.1, 0.15) is 16.9 Å². The summed E-state index contributed by atoms with van der Waals surface area (Å²) in [5.41, 5.74) is 1.60. The van der Waals surface area contributed by atoms with E-state index in [-0.39, 0.29) is 11.1 Å². The van der Waals surface area contributed by atoms with E-state index in [0.29, 0.717) is 16.9 Å². The van der Waals surface area contributed by atoms with Gasteiger partial charge in [0, 0.05) is 10.0 Å². The van der Waals surface area contributed by atoms with E-state index in [0.717, 1.165) is 10.0 Å². The molecule has 0 saturated heterocycles. The first kappa shape index (κ1) is 19.2. The number of carbonyl (C=O) groups excluding carboxylic acids is 2. The highest BCUT2D eigenvalue weighted by molar-refractivity contribution is 9.10. The molecule has 2 aromatic rings. The van der Waals surface area contributed by atoms with Crippen LogP contribution in [0.3, 0.4) is 0 Å². The third-order valence-corrected chi connectivity index (χ3v) is 4.80. The molecule has 2 aromatic carbocycles. The molecule has 0 aliphatic carbocycles. The largest absolute Gasteiger partial charge is 0.482 e. The Morgan fingerprint density at radius 3 is 2.19 bits per heavy atom. The van der Waals surface area contributed by atoms with E-state index >= 15 is 0 Å². The predicted molar refractivity (Wildman–Crippen MR) is 106 cm³/mol. The Morgan fingerprint density at radius 1 is 1.00 bits per heavy atom. The lowest BCUT2D eigenvalue weighted by Crippen LogP contribution is -2.30. The van der Waals surface area contributed by atoms with Crippen molar-refractivity contribution < 1.29 is 23.8 Å². The van der Waals surface area contributed by atoms with Crippen molar-refractivity contribution in [3.63, 3.8) is 0 Å². The Hall–Kier alpha value is -2.60. The first-order valence-electron chi connectivity index (χ1n) is 8.29. The van der Waals surface area contributed by atoms with E-state index < -0.39 is 17.5 Å². The molecular weight excluding hydrogens is 412 g/mol. The molecule has 0 aromatic heterocycles. The lowest BCUT2D eigenvalue weighted by molar-refractivity contribution is 0.0545. The molecule has 1 heterocycles. The second-order valence-corrected chi connectivity index (χ2v) is 7.54. The van der Waals surface area contributed by atoms with Crippen LogP contribution in [0.2, 0.25) is 0 Å². The van der Waals surface area contributed by atoms with Gasteiger partial charge in [-0.1, -0.05) is 34.1 Å². The molecule has 6 heteroatoms. The third kappa shape index (κ3) is 3.62. The number of rotatable bonds is 3. The first-order chi connectivity index (χ1) is 12.8. The van der Waals surface area contributed by atoms with E-state index in [1.54, 1.807) is 0 Å². The third-order valence-electron chi connectivity index (χ3n) is 4.27. The molecule has 0 spiro atoms. The number of fused-ring (bicyclic) bond motifs is 1. The van der Waals surface area contributed by atoms with Crippen molar-refractivity contribution in [1.29, 1.82) is 0 Å². The maximum atomic E-state index is 12.7. The smallest absolute Gasteiger partial charge is 0.342 e. The van der Waals surface area contributed by atoms with Gasteiger partial charge in [-0.25, -0.2) is 9.59 Å². The summed E-state index contributed by atoms with van der Waals surface area (Å²) in [6.45, 7) is 3.74. The number of hydrogen-bond acceptors (Lipinski definition) is 5. The lowest BCUT2D eigenvalue weighted by atomic mass is 9.89. The van der Waals surface area contributed by atoms with Crippen LogP contribution in [0.15, 0.2) is 40.9 Å². The van der Waals surface area contributed by atoms with Crippen molar-refractivity contribution in [2.75, 3.05) is 14.2 Å². The van der Waals surface area contributed by atoms with Crippen LogP contribution in [0.4, 0.5) is 0 Å². The van der Waals surface area contributed by atoms with Crippen LogP contribution in [0.1, 0.15) is 40.1 Å². The Morgan fingerprint density at radius 2 is 1.59 bits per heavy atom. The van der Waals surface area contributed by atoms with Crippen molar-refractivity contribution in [2.24, 2.45) is 0 Å². The maximum Gasteiger partial charge on any atom is 0.342 e. The van der Waals surface area contributed by atoms with Crippen LogP contribution in [0.5, 0.6) is 5.75 Å². The molecule has 1 aliphatic heterocycles. The maximum absolute atomic E-state index is 12.7. The molecule has 0 bridgehead atoms. The number of carbonyl (C=O) groups is 2. The summed E-state index contributed by atoms with van der Waals surface area (Å²) in [4.78, 5) is 25.3. The van der Waals surface area contributed by atoms with Crippen molar-refractivity contribution in [3.8, 4) is 16.9 Å². The van der Waals surface area contributed by atoms with Gasteiger partial charge in [0.25, 0.3) is 0 Å². The van der Waals surface area contributed by atoms with Crippen LogP contribution in [-0.2, 0) is 9.47 Å². The van der Waals surface area contributed by atoms with Crippen molar-refractivity contribution in [1.82, 2.24) is 0 Å². The minimum Gasteiger partial charge on any atom is -0.482 e. The lowest BCUT2D eigenvalue weighted by Gasteiger charge is -2.30. The Balaban J connectivity index is 2.39. The van der Waals surface area contributed by atoms with Crippen molar-refractivity contribution in [2.45, 2.75) is 19.4 Å². The van der Waals surface area contributed by atoms with E-state index in [2.05, 4.69) is 15.9 Å². The highest BCUT2D eigenvalue weighted by atomic mass is 79.9. The summed E-state index contributed by atoms with van der Waals surface area (Å²) < 4.78 is 16.8. The Labute approximate surface area is 166 Å². The highest BCUT2D eigenvalue weighted by Gasteiger charge is 2.33. The van der Waals surface area contributed by atoms with Crippen LogP contribution in [0, 0.1) is 0 Å². The van der Waals surface area contributed by atoms with Gasteiger partial charge in [-0.15, -0.1) is 0 Å². The van der Waals surface area contributed by atoms with Crippen LogP contribution < -0.4 is 4.74 Å². The summed E-state index contributed by atoms with van der Waals surface area (Å²) in [6.07, 6.45) is 3.79. The highest BCUT2D eigenvalue weighted by Crippen LogP contribution is 2.41. The molecule has 5 nitrogen and oxygen atoms in total. The zero-order chi connectivity index (χ0) is 19.8. The van der Waals surface area contributed by atoms with Gasteiger partial charge in [-0.05, 0) is 49.2 Å². The van der Waals surface area contributed by atoms with Gasteiger partial charge in [-0.3, -0.25) is 0 Å². The molecule has 0 radical (unpaired) electrons. The number of esters is 2. The van der Waals surface area contributed by atoms with Crippen LogP contribution in [-0.4, -0.2) is 31.8 Å². The second kappa shape index (κ2) is 7.19. The summed E-state index contributed by atoms with van der Waals surface area (Å²) in [5.74, 6) is -0.973. The molecule has 140 valence electrons. The average molecular weight is 431 g/mol. The van der Waals surface area contributed by atoms with Crippen LogP contribution >= 0.6 is 15.9 Å². The molecule has 1 aliphatic rings. The molecular formula is C21H19BrO5. The number of benzene rings is 2. The van der Waals surface area contributed by atoms with Gasteiger partial charge >= 0.3 is 11.9 Å². The van der Waals surface area contributed by atoms with E-state index in [1.807, 2.05) is 56.3 Å². The summed E-state index contributed by atoms with van der Waals surface area (Å²) in [5, 5.41) is 0. The van der Waals surface area contributed by atoms with Gasteiger partial charge in [0.05, 0.1) is 19.8 Å². The SMILES string of the molecule is COC(=O)c1c(-c2ccc(Br)cc2)cc2c(c1C(=O)OC)OC(C)(C)C=C2. The Kier molecular flexibility index (Phi) is 5.11. The molecule has 0 N–H and O–H groups in total. The van der Waals surface area contributed by atoms with Gasteiger partial charge in [0.15, 0.2) is 0 Å². The monoisotopic (exact) mass is 430 g/mol. The summed E-state index contributed by atoms with van der Waals surface area (Å²) in [7, 11) is 2.55. The van der Waals surface area contributed by atoms with Crippen molar-refractivity contribution >= 4 is 33.9 Å². The summed E-state index contributed by atoms with van der Waals surface area (Å²) >= 11 is 3.40. The normalized spacial score (nSPS) is 14.1. The zero-order valence-corrected chi connectivity index (χ0v) is 17.0. The average Bonchev–Trinajstić information content (AvgIpc) is 2.65. The minimum absolute atomic E-state index is 0.0668. The van der Waals surface area contributed by atoms with E-state index in [4.69, 9.17) is 14.2 Å². The predicted octanol–water partition coefficient (Wildman–Crippen LogP) is 4.87. The van der Waals surface area contributed by atoms with Gasteiger partial charge in [0.2, 0.25) is 0 Å². The van der Waals surface area contributed by atoms with Crippen LogP contribution in [0.25, 0.3) is 17.2 Å². The van der Waals surface area contributed by atoms with Gasteiger partial charge in [-0.2, -0.15) is 0 Å². The molecule has 0 fully saturated rings. The quantitative estimate of drug-likeness (QED) is 0.649. The van der Waals surface area contributed by atoms with E-state index in [1.165, 1.54) is 14.2 Å². The van der Waals surface area contributed by atoms with Gasteiger partial charge < -0.3 is 14.2 Å². The standard InChI is InChI=1S/C21H19BrO5/c1-21(2)10-9-13-11-15(12-5-7-14(22)8-6-12)16(19(23)25-3)17(18(13)27-21)20(24)26-4/h5-11H,1-4H3. The fourth-order valence-corrected chi connectivity index (χ4v) is 3.24. The minimum atomic E-state index is -0.656. The topological polar surface area (TPSA) is 61.8 Å².